The van der Waals surface area contributed by atoms with Crippen molar-refractivity contribution in [2.45, 2.75) is 16.7 Å². The number of hydrogen-bond donors (Lipinski definition) is 2. The molecule has 16 heavy (non-hydrogen) atoms. The summed E-state index contributed by atoms with van der Waals surface area (Å²) in [5, 5.41) is 8.57. The highest BCUT2D eigenvalue weighted by molar-refractivity contribution is 7.91. The Morgan fingerprint density at radius 2 is 1.94 bits per heavy atom. The quantitative estimate of drug-likeness (QED) is 0.773. The van der Waals surface area contributed by atoms with Gasteiger partial charge in [0.25, 0.3) is 0 Å². The van der Waals surface area contributed by atoms with E-state index >= 15 is 0 Å². The summed E-state index contributed by atoms with van der Waals surface area (Å²) in [7, 11) is -3.23. The molecule has 3 N–H and O–H groups in total. The molecule has 0 aliphatic heterocycles. The summed E-state index contributed by atoms with van der Waals surface area (Å²) >= 11 is 0. The third-order valence-electron chi connectivity index (χ3n) is 3.20. The summed E-state index contributed by atoms with van der Waals surface area (Å²) in [6, 6.07) is 9.22. The Kier molecular flexibility index (Phi) is 2.57. The molecule has 0 saturated heterocycles. The van der Waals surface area contributed by atoms with Crippen LogP contribution in [0.5, 0.6) is 0 Å². The van der Waals surface area contributed by atoms with Gasteiger partial charge in [-0.15, -0.1) is 0 Å². The lowest BCUT2D eigenvalue weighted by molar-refractivity contribution is 0.253. The summed E-state index contributed by atoms with van der Waals surface area (Å²) in [6.45, 7) is -0.315. The van der Waals surface area contributed by atoms with Crippen molar-refractivity contribution in [3.8, 4) is 0 Å². The van der Waals surface area contributed by atoms with Gasteiger partial charge in [-0.3, -0.25) is 0 Å². The molecule has 4 nitrogen and oxygen atoms in total. The first-order chi connectivity index (χ1) is 7.41. The molecule has 2 rings (SSSR count). The average Bonchev–Trinajstić information content (AvgIpc) is 2.87. The number of hydrogen-bond acceptors (Lipinski definition) is 4. The highest BCUT2D eigenvalue weighted by atomic mass is 32.2. The standard InChI is InChI=1S/C11H15NO3S/c1-16(14,15)10-9(11(10,12)7-13)8-5-3-2-4-6-8/h2-6,9-10,13H,7,12H2,1H3/t9-,10-,11-/m0/s1. The summed E-state index contributed by atoms with van der Waals surface area (Å²) in [4.78, 5) is 0. The Labute approximate surface area is 95.0 Å². The fourth-order valence-corrected chi connectivity index (χ4v) is 4.25. The SMILES string of the molecule is CS(=O)(=O)[C@H]1[C@H](c2ccccc2)[C@@]1(N)CO. The van der Waals surface area contributed by atoms with Crippen molar-refractivity contribution in [1.29, 1.82) is 0 Å². The van der Waals surface area contributed by atoms with Gasteiger partial charge in [-0.05, 0) is 5.56 Å². The van der Waals surface area contributed by atoms with Gasteiger partial charge >= 0.3 is 0 Å². The van der Waals surface area contributed by atoms with Gasteiger partial charge in [-0.1, -0.05) is 30.3 Å². The van der Waals surface area contributed by atoms with E-state index in [0.29, 0.717) is 0 Å². The van der Waals surface area contributed by atoms with Crippen molar-refractivity contribution < 1.29 is 13.5 Å². The summed E-state index contributed by atoms with van der Waals surface area (Å²) < 4.78 is 23.1. The van der Waals surface area contributed by atoms with Gasteiger partial charge in [0.2, 0.25) is 0 Å². The minimum absolute atomic E-state index is 0.298. The maximum Gasteiger partial charge on any atom is 0.152 e. The highest BCUT2D eigenvalue weighted by Gasteiger charge is 2.67. The minimum Gasteiger partial charge on any atom is -0.394 e. The zero-order valence-electron chi connectivity index (χ0n) is 9.00. The van der Waals surface area contributed by atoms with Gasteiger partial charge in [-0.2, -0.15) is 0 Å². The number of aliphatic hydroxyl groups excluding tert-OH is 1. The van der Waals surface area contributed by atoms with Crippen LogP contribution in [-0.2, 0) is 9.84 Å². The molecular formula is C11H15NO3S. The normalized spacial score (nSPS) is 33.7. The van der Waals surface area contributed by atoms with E-state index in [1.807, 2.05) is 30.3 Å². The second-order valence-corrected chi connectivity index (χ2v) is 6.58. The number of aliphatic hydroxyl groups is 1. The number of rotatable bonds is 3. The maximum atomic E-state index is 11.6. The summed E-state index contributed by atoms with van der Waals surface area (Å²) in [5.41, 5.74) is 5.77. The van der Waals surface area contributed by atoms with Crippen molar-refractivity contribution in [3.05, 3.63) is 35.9 Å². The molecule has 0 amide bonds. The average molecular weight is 241 g/mol. The molecule has 88 valence electrons. The van der Waals surface area contributed by atoms with Gasteiger partial charge in [0.05, 0.1) is 17.4 Å². The van der Waals surface area contributed by atoms with Gasteiger partial charge in [0.1, 0.15) is 0 Å². The van der Waals surface area contributed by atoms with Crippen LogP contribution in [0.3, 0.4) is 0 Å². The van der Waals surface area contributed by atoms with Crippen molar-refractivity contribution >= 4 is 9.84 Å². The lowest BCUT2D eigenvalue weighted by atomic mass is 10.1. The largest absolute Gasteiger partial charge is 0.394 e. The van der Waals surface area contributed by atoms with Crippen molar-refractivity contribution in [2.24, 2.45) is 5.73 Å². The highest BCUT2D eigenvalue weighted by Crippen LogP contribution is 2.53. The first kappa shape index (κ1) is 11.6. The second-order valence-electron chi connectivity index (χ2n) is 4.41. The van der Waals surface area contributed by atoms with Crippen molar-refractivity contribution in [3.63, 3.8) is 0 Å². The molecule has 1 saturated carbocycles. The number of sulfone groups is 1. The Morgan fingerprint density at radius 1 is 1.38 bits per heavy atom. The monoisotopic (exact) mass is 241 g/mol. The topological polar surface area (TPSA) is 80.4 Å². The van der Waals surface area contributed by atoms with E-state index < -0.39 is 20.6 Å². The fourth-order valence-electron chi connectivity index (χ4n) is 2.40. The molecular weight excluding hydrogens is 226 g/mol. The predicted octanol–water partition coefficient (Wildman–Crippen LogP) is -0.113. The number of benzene rings is 1. The van der Waals surface area contributed by atoms with Gasteiger partial charge < -0.3 is 10.8 Å². The molecule has 3 atom stereocenters. The van der Waals surface area contributed by atoms with Gasteiger partial charge in [0.15, 0.2) is 9.84 Å². The van der Waals surface area contributed by atoms with E-state index in [4.69, 9.17) is 5.73 Å². The van der Waals surface area contributed by atoms with Crippen LogP contribution in [0, 0.1) is 0 Å². The Bertz CT molecular complexity index is 485. The van der Waals surface area contributed by atoms with Crippen LogP contribution in [-0.4, -0.2) is 37.2 Å². The Hall–Kier alpha value is -0.910. The smallest absolute Gasteiger partial charge is 0.152 e. The molecule has 0 spiro atoms. The van der Waals surface area contributed by atoms with Gasteiger partial charge in [0, 0.05) is 12.2 Å². The molecule has 0 radical (unpaired) electrons. The van der Waals surface area contributed by atoms with Crippen molar-refractivity contribution in [1.82, 2.24) is 0 Å². The maximum absolute atomic E-state index is 11.6. The molecule has 1 fully saturated rings. The van der Waals surface area contributed by atoms with E-state index in [2.05, 4.69) is 0 Å². The molecule has 0 heterocycles. The summed E-state index contributed by atoms with van der Waals surface area (Å²) in [5.74, 6) is -0.298. The molecule has 1 aliphatic rings. The van der Waals surface area contributed by atoms with E-state index in [-0.39, 0.29) is 12.5 Å². The molecule has 0 bridgehead atoms. The lowest BCUT2D eigenvalue weighted by Crippen LogP contribution is -2.34. The molecule has 5 heteroatoms. The zero-order valence-corrected chi connectivity index (χ0v) is 9.81. The lowest BCUT2D eigenvalue weighted by Gasteiger charge is -2.06. The van der Waals surface area contributed by atoms with Crippen LogP contribution in [0.2, 0.25) is 0 Å². The fraction of sp³-hybridized carbons (Fsp3) is 0.455. The van der Waals surface area contributed by atoms with Crippen LogP contribution in [0.1, 0.15) is 11.5 Å². The molecule has 1 aromatic rings. The second kappa shape index (κ2) is 3.55. The van der Waals surface area contributed by atoms with Crippen LogP contribution in [0.15, 0.2) is 30.3 Å². The van der Waals surface area contributed by atoms with Crippen LogP contribution in [0.4, 0.5) is 0 Å². The van der Waals surface area contributed by atoms with E-state index in [1.165, 1.54) is 0 Å². The number of nitrogens with two attached hydrogens (primary N) is 1. The molecule has 0 aromatic heterocycles. The molecule has 1 aromatic carbocycles. The summed E-state index contributed by atoms with van der Waals surface area (Å²) in [6.07, 6.45) is 1.16. The Balaban J connectivity index is 2.38. The van der Waals surface area contributed by atoms with Crippen LogP contribution < -0.4 is 5.73 Å². The molecule has 1 aliphatic carbocycles. The van der Waals surface area contributed by atoms with Crippen LogP contribution in [0.25, 0.3) is 0 Å². The minimum atomic E-state index is -3.23. The van der Waals surface area contributed by atoms with Crippen LogP contribution >= 0.6 is 0 Å². The molecule has 0 unspecified atom stereocenters. The zero-order chi connectivity index (χ0) is 12.0. The first-order valence-electron chi connectivity index (χ1n) is 5.05. The van der Waals surface area contributed by atoms with E-state index in [0.717, 1.165) is 11.8 Å². The Morgan fingerprint density at radius 3 is 2.31 bits per heavy atom. The van der Waals surface area contributed by atoms with E-state index in [1.54, 1.807) is 0 Å². The third-order valence-corrected chi connectivity index (χ3v) is 4.83. The van der Waals surface area contributed by atoms with Gasteiger partial charge in [-0.25, -0.2) is 8.42 Å². The van der Waals surface area contributed by atoms with Crippen molar-refractivity contribution in [2.75, 3.05) is 12.9 Å². The van der Waals surface area contributed by atoms with E-state index in [9.17, 15) is 13.5 Å². The predicted molar refractivity (Wildman–Crippen MR) is 61.8 cm³/mol. The first-order valence-corrected chi connectivity index (χ1v) is 7.00. The third kappa shape index (κ3) is 1.65.